The number of thioether (sulfide) groups is 1. The Bertz CT molecular complexity index is 1120. The largest absolute Gasteiger partial charge is 0.342 e. The number of hydrogen-bond acceptors (Lipinski definition) is 5. The van der Waals surface area contributed by atoms with Crippen LogP contribution in [0.2, 0.25) is 0 Å². The van der Waals surface area contributed by atoms with Crippen molar-refractivity contribution in [3.63, 3.8) is 0 Å². The van der Waals surface area contributed by atoms with Crippen LogP contribution in [-0.4, -0.2) is 32.3 Å². The van der Waals surface area contributed by atoms with Crippen LogP contribution in [0.25, 0.3) is 0 Å². The Morgan fingerprint density at radius 2 is 1.82 bits per heavy atom. The molecule has 1 atom stereocenters. The molecule has 2 N–H and O–H groups in total. The summed E-state index contributed by atoms with van der Waals surface area (Å²) in [5.74, 6) is -0.439. The van der Waals surface area contributed by atoms with E-state index in [1.165, 1.54) is 23.9 Å². The lowest BCUT2D eigenvalue weighted by molar-refractivity contribution is -0.113. The molecule has 1 aromatic heterocycles. The van der Waals surface area contributed by atoms with Crippen LogP contribution >= 0.6 is 11.8 Å². The molecule has 0 fully saturated rings. The second kappa shape index (κ2) is 11.4. The van der Waals surface area contributed by atoms with E-state index in [4.69, 9.17) is 0 Å². The SMILES string of the molecule is C=CCn1c(SCC(=O)Nc2ccccc2F)nnc1[C@@H](NC(=O)c1ccccc1)C(C)C. The normalized spacial score (nSPS) is 11.8. The van der Waals surface area contributed by atoms with E-state index in [2.05, 4.69) is 27.4 Å². The summed E-state index contributed by atoms with van der Waals surface area (Å²) in [6, 6.07) is 14.5. The van der Waals surface area contributed by atoms with Crippen LogP contribution in [0.3, 0.4) is 0 Å². The lowest BCUT2D eigenvalue weighted by Gasteiger charge is -2.22. The summed E-state index contributed by atoms with van der Waals surface area (Å²) < 4.78 is 15.6. The highest BCUT2D eigenvalue weighted by molar-refractivity contribution is 7.99. The maximum atomic E-state index is 13.8. The summed E-state index contributed by atoms with van der Waals surface area (Å²) in [4.78, 5) is 25.1. The minimum absolute atomic E-state index is 0.0202. The zero-order valence-corrected chi connectivity index (χ0v) is 19.3. The van der Waals surface area contributed by atoms with Crippen LogP contribution in [-0.2, 0) is 11.3 Å². The van der Waals surface area contributed by atoms with Crippen molar-refractivity contribution in [1.29, 1.82) is 0 Å². The molecule has 7 nitrogen and oxygen atoms in total. The van der Waals surface area contributed by atoms with E-state index in [-0.39, 0.29) is 29.2 Å². The Morgan fingerprint density at radius 1 is 1.12 bits per heavy atom. The zero-order valence-electron chi connectivity index (χ0n) is 18.5. The van der Waals surface area contributed by atoms with Crippen molar-refractivity contribution in [3.05, 3.63) is 84.5 Å². The van der Waals surface area contributed by atoms with E-state index >= 15 is 0 Å². The van der Waals surface area contributed by atoms with E-state index in [0.29, 0.717) is 23.1 Å². The summed E-state index contributed by atoms with van der Waals surface area (Å²) >= 11 is 1.18. The third-order valence-corrected chi connectivity index (χ3v) is 5.77. The molecule has 3 rings (SSSR count). The first-order chi connectivity index (χ1) is 15.9. The first-order valence-corrected chi connectivity index (χ1v) is 11.5. The van der Waals surface area contributed by atoms with Crippen LogP contribution in [0.4, 0.5) is 10.1 Å². The highest BCUT2D eigenvalue weighted by atomic mass is 32.2. The van der Waals surface area contributed by atoms with Gasteiger partial charge in [-0.15, -0.1) is 16.8 Å². The Hall–Kier alpha value is -3.46. The van der Waals surface area contributed by atoms with Gasteiger partial charge < -0.3 is 15.2 Å². The standard InChI is InChI=1S/C24H26FN5O2S/c1-4-14-30-22(21(16(2)3)27-23(32)17-10-6-5-7-11-17)28-29-24(30)33-15-20(31)26-19-13-9-8-12-18(19)25/h4-13,16,21H,1,14-15H2,2-3H3,(H,26,31)(H,27,32)/t21-/m0/s1. The third-order valence-electron chi connectivity index (χ3n) is 4.80. The Kier molecular flexibility index (Phi) is 8.37. The first-order valence-electron chi connectivity index (χ1n) is 10.5. The monoisotopic (exact) mass is 467 g/mol. The molecular formula is C24H26FN5O2S. The molecule has 2 aromatic carbocycles. The number of para-hydroxylation sites is 1. The molecular weight excluding hydrogens is 441 g/mol. The number of benzene rings is 2. The van der Waals surface area contributed by atoms with Gasteiger partial charge in [0.2, 0.25) is 5.91 Å². The third kappa shape index (κ3) is 6.29. The molecule has 0 radical (unpaired) electrons. The van der Waals surface area contributed by atoms with Crippen LogP contribution in [0.1, 0.15) is 36.1 Å². The maximum absolute atomic E-state index is 13.8. The number of halogens is 1. The van der Waals surface area contributed by atoms with E-state index in [1.54, 1.807) is 42.5 Å². The highest BCUT2D eigenvalue weighted by Crippen LogP contribution is 2.26. The number of nitrogens with zero attached hydrogens (tertiary/aromatic N) is 3. The van der Waals surface area contributed by atoms with Crippen molar-refractivity contribution in [2.45, 2.75) is 31.6 Å². The van der Waals surface area contributed by atoms with Gasteiger partial charge in [0.25, 0.3) is 5.91 Å². The molecule has 0 saturated heterocycles. The van der Waals surface area contributed by atoms with Gasteiger partial charge in [-0.25, -0.2) is 4.39 Å². The molecule has 0 saturated carbocycles. The number of hydrogen-bond donors (Lipinski definition) is 2. The van der Waals surface area contributed by atoms with Gasteiger partial charge in [-0.2, -0.15) is 0 Å². The van der Waals surface area contributed by atoms with Gasteiger partial charge in [-0.05, 0) is 30.2 Å². The summed E-state index contributed by atoms with van der Waals surface area (Å²) in [6.07, 6.45) is 1.70. The van der Waals surface area contributed by atoms with Crippen LogP contribution in [0.15, 0.2) is 72.4 Å². The number of carbonyl (C=O) groups is 2. The molecule has 1 heterocycles. The number of carbonyl (C=O) groups excluding carboxylic acids is 2. The van der Waals surface area contributed by atoms with Crippen LogP contribution < -0.4 is 10.6 Å². The van der Waals surface area contributed by atoms with E-state index in [9.17, 15) is 14.0 Å². The smallest absolute Gasteiger partial charge is 0.251 e. The average molecular weight is 468 g/mol. The topological polar surface area (TPSA) is 88.9 Å². The van der Waals surface area contributed by atoms with Crippen molar-refractivity contribution < 1.29 is 14.0 Å². The maximum Gasteiger partial charge on any atom is 0.251 e. The molecule has 0 aliphatic rings. The van der Waals surface area contributed by atoms with Crippen molar-refractivity contribution in [3.8, 4) is 0 Å². The zero-order chi connectivity index (χ0) is 23.8. The lowest BCUT2D eigenvalue weighted by Crippen LogP contribution is -2.33. The Morgan fingerprint density at radius 3 is 2.48 bits per heavy atom. The van der Waals surface area contributed by atoms with E-state index < -0.39 is 11.9 Å². The van der Waals surface area contributed by atoms with Crippen molar-refractivity contribution >= 4 is 29.3 Å². The number of amides is 2. The molecule has 0 unspecified atom stereocenters. The summed E-state index contributed by atoms with van der Waals surface area (Å²) in [5.41, 5.74) is 0.678. The van der Waals surface area contributed by atoms with Crippen LogP contribution in [0.5, 0.6) is 0 Å². The van der Waals surface area contributed by atoms with Crippen LogP contribution in [0, 0.1) is 11.7 Å². The fourth-order valence-electron chi connectivity index (χ4n) is 3.16. The molecule has 33 heavy (non-hydrogen) atoms. The minimum atomic E-state index is -0.498. The van der Waals surface area contributed by atoms with Crippen molar-refractivity contribution in [1.82, 2.24) is 20.1 Å². The van der Waals surface area contributed by atoms with Gasteiger partial charge in [-0.3, -0.25) is 9.59 Å². The average Bonchev–Trinajstić information content (AvgIpc) is 3.20. The molecule has 0 aliphatic heterocycles. The predicted molar refractivity (Wildman–Crippen MR) is 127 cm³/mol. The van der Waals surface area contributed by atoms with Gasteiger partial charge in [0.15, 0.2) is 11.0 Å². The Labute approximate surface area is 196 Å². The highest BCUT2D eigenvalue weighted by Gasteiger charge is 2.26. The fraction of sp³-hybridized carbons (Fsp3) is 0.250. The molecule has 0 aliphatic carbocycles. The number of rotatable bonds is 10. The van der Waals surface area contributed by atoms with Gasteiger partial charge >= 0.3 is 0 Å². The number of aromatic nitrogens is 3. The lowest BCUT2D eigenvalue weighted by atomic mass is 10.0. The van der Waals surface area contributed by atoms with Crippen molar-refractivity contribution in [2.24, 2.45) is 5.92 Å². The molecule has 9 heteroatoms. The molecule has 0 spiro atoms. The van der Waals surface area contributed by atoms with Gasteiger partial charge in [0.1, 0.15) is 5.82 Å². The second-order valence-electron chi connectivity index (χ2n) is 7.62. The fourth-order valence-corrected chi connectivity index (χ4v) is 3.91. The number of nitrogens with one attached hydrogen (secondary N) is 2. The number of anilines is 1. The molecule has 3 aromatic rings. The molecule has 2 amide bonds. The van der Waals surface area contributed by atoms with E-state index in [1.807, 2.05) is 24.5 Å². The minimum Gasteiger partial charge on any atom is -0.342 e. The summed E-state index contributed by atoms with van der Waals surface area (Å²) in [7, 11) is 0. The molecule has 0 bridgehead atoms. The van der Waals surface area contributed by atoms with Gasteiger partial charge in [-0.1, -0.05) is 62.0 Å². The van der Waals surface area contributed by atoms with E-state index in [0.717, 1.165) is 0 Å². The quantitative estimate of drug-likeness (QED) is 0.339. The van der Waals surface area contributed by atoms with Gasteiger partial charge in [0.05, 0.1) is 17.5 Å². The predicted octanol–water partition coefficient (Wildman–Crippen LogP) is 4.46. The Balaban J connectivity index is 1.75. The second-order valence-corrected chi connectivity index (χ2v) is 8.56. The number of allylic oxidation sites excluding steroid dienone is 1. The summed E-state index contributed by atoms with van der Waals surface area (Å²) in [5, 5.41) is 14.7. The first kappa shape index (κ1) is 24.2. The van der Waals surface area contributed by atoms with Gasteiger partial charge in [0, 0.05) is 12.1 Å². The summed E-state index contributed by atoms with van der Waals surface area (Å²) in [6.45, 7) is 8.17. The molecule has 172 valence electrons. The van der Waals surface area contributed by atoms with Crippen molar-refractivity contribution in [2.75, 3.05) is 11.1 Å².